The van der Waals surface area contributed by atoms with E-state index in [9.17, 15) is 9.59 Å². The van der Waals surface area contributed by atoms with Gasteiger partial charge in [-0.3, -0.25) is 9.59 Å². The molecule has 1 unspecified atom stereocenters. The number of rotatable bonds is 5. The van der Waals surface area contributed by atoms with E-state index in [4.69, 9.17) is 16.3 Å². The van der Waals surface area contributed by atoms with Crippen LogP contribution in [-0.4, -0.2) is 36.4 Å². The van der Waals surface area contributed by atoms with Crippen molar-refractivity contribution in [3.8, 4) is 5.75 Å². The van der Waals surface area contributed by atoms with Gasteiger partial charge in [-0.2, -0.15) is 0 Å². The Hall–Kier alpha value is -2.53. The highest BCUT2D eigenvalue weighted by atomic mass is 35.5. The molecule has 2 amide bonds. The van der Waals surface area contributed by atoms with E-state index in [2.05, 4.69) is 5.32 Å². The van der Waals surface area contributed by atoms with Crippen LogP contribution < -0.4 is 10.1 Å². The number of halogens is 1. The molecular formula is C23H25ClN2O3. The first kappa shape index (κ1) is 19.8. The lowest BCUT2D eigenvalue weighted by atomic mass is 9.95. The number of para-hydroxylation sites is 1. The van der Waals surface area contributed by atoms with E-state index in [0.717, 1.165) is 17.9 Å². The standard InChI is InChI=1S/C23H25ClN2O3/c24-18-7-8-20-17(14-18)6-9-21(20)25-23(28)16-10-12-26(13-11-16)22(27)15-29-19-4-2-1-3-5-19/h1-5,7-8,14,16,21H,6,9-13,15H2,(H,25,28). The van der Waals surface area contributed by atoms with Crippen molar-refractivity contribution in [3.63, 3.8) is 0 Å². The van der Waals surface area contributed by atoms with Gasteiger partial charge in [-0.25, -0.2) is 0 Å². The third-order valence-electron chi connectivity index (χ3n) is 5.82. The van der Waals surface area contributed by atoms with Gasteiger partial charge < -0.3 is 15.0 Å². The second-order valence-corrected chi connectivity index (χ2v) is 8.14. The molecule has 0 bridgehead atoms. The summed E-state index contributed by atoms with van der Waals surface area (Å²) >= 11 is 6.07. The molecule has 1 heterocycles. The first-order valence-electron chi connectivity index (χ1n) is 10.1. The number of ether oxygens (including phenoxy) is 1. The maximum absolute atomic E-state index is 12.8. The molecule has 1 fully saturated rings. The average Bonchev–Trinajstić information content (AvgIpc) is 3.14. The van der Waals surface area contributed by atoms with Crippen LogP contribution in [0.1, 0.15) is 36.4 Å². The van der Waals surface area contributed by atoms with Crippen LogP contribution >= 0.6 is 11.6 Å². The summed E-state index contributed by atoms with van der Waals surface area (Å²) in [6.07, 6.45) is 3.22. The Balaban J connectivity index is 1.24. The summed E-state index contributed by atoms with van der Waals surface area (Å²) in [6.45, 7) is 1.21. The van der Waals surface area contributed by atoms with Gasteiger partial charge in [0.1, 0.15) is 5.75 Å². The summed E-state index contributed by atoms with van der Waals surface area (Å²) < 4.78 is 5.55. The lowest BCUT2D eigenvalue weighted by molar-refractivity contribution is -0.137. The third kappa shape index (κ3) is 4.73. The highest BCUT2D eigenvalue weighted by Gasteiger charge is 2.30. The lowest BCUT2D eigenvalue weighted by Crippen LogP contribution is -2.44. The Labute approximate surface area is 176 Å². The van der Waals surface area contributed by atoms with Crippen molar-refractivity contribution in [1.82, 2.24) is 10.2 Å². The van der Waals surface area contributed by atoms with E-state index >= 15 is 0 Å². The molecule has 2 aromatic carbocycles. The van der Waals surface area contributed by atoms with Crippen molar-refractivity contribution in [2.45, 2.75) is 31.7 Å². The first-order valence-corrected chi connectivity index (χ1v) is 10.5. The van der Waals surface area contributed by atoms with Gasteiger partial charge in [0, 0.05) is 24.0 Å². The van der Waals surface area contributed by atoms with Gasteiger partial charge in [-0.15, -0.1) is 0 Å². The molecule has 1 N–H and O–H groups in total. The molecular weight excluding hydrogens is 388 g/mol. The molecule has 0 saturated carbocycles. The van der Waals surface area contributed by atoms with Gasteiger partial charge in [0.05, 0.1) is 6.04 Å². The molecule has 1 aliphatic heterocycles. The molecule has 2 aliphatic rings. The summed E-state index contributed by atoms with van der Waals surface area (Å²) in [5.74, 6) is 0.693. The third-order valence-corrected chi connectivity index (χ3v) is 6.06. The summed E-state index contributed by atoms with van der Waals surface area (Å²) in [6, 6.07) is 15.3. The van der Waals surface area contributed by atoms with Crippen molar-refractivity contribution in [3.05, 3.63) is 64.7 Å². The first-order chi connectivity index (χ1) is 14.1. The van der Waals surface area contributed by atoms with Crippen LogP contribution in [0.15, 0.2) is 48.5 Å². The molecule has 0 aromatic heterocycles. The zero-order valence-corrected chi connectivity index (χ0v) is 17.0. The Morgan fingerprint density at radius 1 is 1.07 bits per heavy atom. The van der Waals surface area contributed by atoms with Crippen LogP contribution in [0, 0.1) is 5.92 Å². The molecule has 1 saturated heterocycles. The van der Waals surface area contributed by atoms with Crippen molar-refractivity contribution >= 4 is 23.4 Å². The summed E-state index contributed by atoms with van der Waals surface area (Å²) in [7, 11) is 0. The molecule has 1 aliphatic carbocycles. The highest BCUT2D eigenvalue weighted by Crippen LogP contribution is 2.33. The number of nitrogens with one attached hydrogen (secondary N) is 1. The number of likely N-dealkylation sites (tertiary alicyclic amines) is 1. The quantitative estimate of drug-likeness (QED) is 0.813. The summed E-state index contributed by atoms with van der Waals surface area (Å²) in [5.41, 5.74) is 2.40. The van der Waals surface area contributed by atoms with Crippen LogP contribution in [0.25, 0.3) is 0 Å². The molecule has 152 valence electrons. The van der Waals surface area contributed by atoms with Crippen molar-refractivity contribution in [1.29, 1.82) is 0 Å². The normalized spacial score (nSPS) is 18.9. The van der Waals surface area contributed by atoms with E-state index in [-0.39, 0.29) is 30.4 Å². The van der Waals surface area contributed by atoms with Gasteiger partial charge in [0.2, 0.25) is 5.91 Å². The Bertz CT molecular complexity index is 879. The van der Waals surface area contributed by atoms with E-state index in [1.165, 1.54) is 11.1 Å². The number of carbonyl (C=O) groups excluding carboxylic acids is 2. The number of fused-ring (bicyclic) bond motifs is 1. The Morgan fingerprint density at radius 2 is 1.83 bits per heavy atom. The molecule has 2 aromatic rings. The minimum absolute atomic E-state index is 0.0301. The van der Waals surface area contributed by atoms with Gasteiger partial charge >= 0.3 is 0 Å². The summed E-state index contributed by atoms with van der Waals surface area (Å²) in [5, 5.41) is 3.94. The largest absolute Gasteiger partial charge is 0.484 e. The van der Waals surface area contributed by atoms with Crippen LogP contribution in [0.2, 0.25) is 5.02 Å². The maximum Gasteiger partial charge on any atom is 0.260 e. The van der Waals surface area contributed by atoms with Gasteiger partial charge in [0.15, 0.2) is 6.61 Å². The predicted molar refractivity (Wildman–Crippen MR) is 112 cm³/mol. The zero-order valence-electron chi connectivity index (χ0n) is 16.3. The smallest absolute Gasteiger partial charge is 0.260 e. The molecule has 4 rings (SSSR count). The van der Waals surface area contributed by atoms with Crippen LogP contribution in [0.3, 0.4) is 0 Å². The number of hydrogen-bond acceptors (Lipinski definition) is 3. The second-order valence-electron chi connectivity index (χ2n) is 7.70. The molecule has 0 spiro atoms. The SMILES string of the molecule is O=C(NC1CCc2cc(Cl)ccc21)C1CCN(C(=O)COc2ccccc2)CC1. The number of piperidine rings is 1. The maximum atomic E-state index is 12.8. The van der Waals surface area contributed by atoms with Gasteiger partial charge in [0.25, 0.3) is 5.91 Å². The lowest BCUT2D eigenvalue weighted by Gasteiger charge is -2.32. The van der Waals surface area contributed by atoms with E-state index < -0.39 is 0 Å². The second kappa shape index (κ2) is 8.87. The van der Waals surface area contributed by atoms with Crippen molar-refractivity contribution in [2.24, 2.45) is 5.92 Å². The Morgan fingerprint density at radius 3 is 2.59 bits per heavy atom. The number of carbonyl (C=O) groups is 2. The fraction of sp³-hybridized carbons (Fsp3) is 0.391. The number of hydrogen-bond donors (Lipinski definition) is 1. The van der Waals surface area contributed by atoms with E-state index in [1.54, 1.807) is 4.90 Å². The van der Waals surface area contributed by atoms with Crippen LogP contribution in [0.4, 0.5) is 0 Å². The monoisotopic (exact) mass is 412 g/mol. The molecule has 1 atom stereocenters. The number of benzene rings is 2. The van der Waals surface area contributed by atoms with Gasteiger partial charge in [-0.1, -0.05) is 35.9 Å². The molecule has 6 heteroatoms. The zero-order chi connectivity index (χ0) is 20.2. The average molecular weight is 413 g/mol. The van der Waals surface area contributed by atoms with E-state index in [0.29, 0.717) is 31.7 Å². The van der Waals surface area contributed by atoms with Crippen LogP contribution in [0.5, 0.6) is 5.75 Å². The van der Waals surface area contributed by atoms with Crippen molar-refractivity contribution < 1.29 is 14.3 Å². The topological polar surface area (TPSA) is 58.6 Å². The molecule has 29 heavy (non-hydrogen) atoms. The predicted octanol–water partition coefficient (Wildman–Crippen LogP) is 3.76. The van der Waals surface area contributed by atoms with E-state index in [1.807, 2.05) is 48.5 Å². The van der Waals surface area contributed by atoms with Crippen molar-refractivity contribution in [2.75, 3.05) is 19.7 Å². The molecule has 0 radical (unpaired) electrons. The van der Waals surface area contributed by atoms with Crippen LogP contribution in [-0.2, 0) is 16.0 Å². The number of aryl methyl sites for hydroxylation is 1. The fourth-order valence-electron chi connectivity index (χ4n) is 4.17. The summed E-state index contributed by atoms with van der Waals surface area (Å²) in [4.78, 5) is 26.9. The highest BCUT2D eigenvalue weighted by molar-refractivity contribution is 6.30. The number of nitrogens with zero attached hydrogens (tertiary/aromatic N) is 1. The number of amides is 2. The van der Waals surface area contributed by atoms with Gasteiger partial charge in [-0.05, 0) is 61.1 Å². The molecule has 5 nitrogen and oxygen atoms in total. The minimum atomic E-state index is -0.0505. The Kier molecular flexibility index (Phi) is 6.05. The minimum Gasteiger partial charge on any atom is -0.484 e. The fourth-order valence-corrected chi connectivity index (χ4v) is 4.36.